The van der Waals surface area contributed by atoms with Crippen LogP contribution >= 0.6 is 0 Å². The van der Waals surface area contributed by atoms with Crippen LogP contribution in [0.25, 0.3) is 0 Å². The summed E-state index contributed by atoms with van der Waals surface area (Å²) in [6.45, 7) is 4.27. The molecular weight excluding hydrogens is 194 g/mol. The quantitative estimate of drug-likeness (QED) is 0.765. The number of carboxylic acids is 1. The molecule has 0 aromatic rings. The van der Waals surface area contributed by atoms with Gasteiger partial charge in [-0.15, -0.1) is 0 Å². The lowest BCUT2D eigenvalue weighted by molar-refractivity contribution is -0.145. The zero-order valence-corrected chi connectivity index (χ0v) is 9.61. The predicted octanol–water partition coefficient (Wildman–Crippen LogP) is 1.21. The summed E-state index contributed by atoms with van der Waals surface area (Å²) in [7, 11) is 1.55. The Bertz CT molecular complexity index is 208. The van der Waals surface area contributed by atoms with Gasteiger partial charge in [0.15, 0.2) is 0 Å². The number of carbonyl (C=O) groups is 1. The molecule has 1 saturated heterocycles. The van der Waals surface area contributed by atoms with Gasteiger partial charge < -0.3 is 9.84 Å². The molecule has 1 rings (SSSR count). The first-order chi connectivity index (χ1) is 7.15. The second-order valence-corrected chi connectivity index (χ2v) is 4.38. The maximum atomic E-state index is 11.1. The largest absolute Gasteiger partial charge is 0.480 e. The number of hydrogen-bond donors (Lipinski definition) is 1. The van der Waals surface area contributed by atoms with E-state index in [1.807, 2.05) is 4.90 Å². The fourth-order valence-corrected chi connectivity index (χ4v) is 2.09. The molecule has 2 atom stereocenters. The summed E-state index contributed by atoms with van der Waals surface area (Å²) >= 11 is 0. The van der Waals surface area contributed by atoms with Crippen LogP contribution in [0.4, 0.5) is 0 Å². The van der Waals surface area contributed by atoms with E-state index in [4.69, 9.17) is 9.84 Å². The molecule has 0 aromatic heterocycles. The second kappa shape index (κ2) is 6.08. The van der Waals surface area contributed by atoms with Crippen LogP contribution < -0.4 is 0 Å². The van der Waals surface area contributed by atoms with Crippen molar-refractivity contribution in [3.05, 3.63) is 0 Å². The van der Waals surface area contributed by atoms with Crippen molar-refractivity contribution in [2.75, 3.05) is 26.8 Å². The van der Waals surface area contributed by atoms with Gasteiger partial charge in [0, 0.05) is 7.11 Å². The molecule has 0 bridgehead atoms. The van der Waals surface area contributed by atoms with E-state index < -0.39 is 12.0 Å². The predicted molar refractivity (Wildman–Crippen MR) is 57.9 cm³/mol. The standard InChI is InChI=1S/C11H21NO3/c1-9-4-3-6-12(7-5-9)10(8-15-2)11(13)14/h9-10H,3-8H2,1-2H3,(H,13,14). The van der Waals surface area contributed by atoms with E-state index in [2.05, 4.69) is 6.92 Å². The highest BCUT2D eigenvalue weighted by molar-refractivity contribution is 5.73. The van der Waals surface area contributed by atoms with Crippen molar-refractivity contribution in [3.63, 3.8) is 0 Å². The van der Waals surface area contributed by atoms with Gasteiger partial charge in [-0.05, 0) is 38.3 Å². The smallest absolute Gasteiger partial charge is 0.323 e. The van der Waals surface area contributed by atoms with Crippen LogP contribution in [0.3, 0.4) is 0 Å². The number of hydrogen-bond acceptors (Lipinski definition) is 3. The molecule has 0 spiro atoms. The molecule has 0 aromatic carbocycles. The SMILES string of the molecule is COCC(C(=O)O)N1CCCC(C)CC1. The Hall–Kier alpha value is -0.610. The molecule has 1 aliphatic rings. The Labute approximate surface area is 91.2 Å². The minimum Gasteiger partial charge on any atom is -0.480 e. The maximum Gasteiger partial charge on any atom is 0.323 e. The summed E-state index contributed by atoms with van der Waals surface area (Å²) < 4.78 is 4.96. The zero-order valence-electron chi connectivity index (χ0n) is 9.61. The Kier molecular flexibility index (Phi) is 5.05. The van der Waals surface area contributed by atoms with Crippen molar-refractivity contribution in [3.8, 4) is 0 Å². The third kappa shape index (κ3) is 3.80. The first kappa shape index (κ1) is 12.5. The van der Waals surface area contributed by atoms with E-state index in [9.17, 15) is 4.79 Å². The van der Waals surface area contributed by atoms with E-state index in [0.29, 0.717) is 5.92 Å². The van der Waals surface area contributed by atoms with Crippen LogP contribution in [-0.2, 0) is 9.53 Å². The molecule has 0 saturated carbocycles. The topological polar surface area (TPSA) is 49.8 Å². The maximum absolute atomic E-state index is 11.1. The summed E-state index contributed by atoms with van der Waals surface area (Å²) in [6.07, 6.45) is 3.39. The number of likely N-dealkylation sites (tertiary alicyclic amines) is 1. The zero-order chi connectivity index (χ0) is 11.3. The van der Waals surface area contributed by atoms with Crippen molar-refractivity contribution < 1.29 is 14.6 Å². The minimum absolute atomic E-state index is 0.281. The molecular formula is C11H21NO3. The molecule has 1 fully saturated rings. The fraction of sp³-hybridized carbons (Fsp3) is 0.909. The van der Waals surface area contributed by atoms with E-state index in [1.54, 1.807) is 7.11 Å². The van der Waals surface area contributed by atoms with Crippen LogP contribution in [0.5, 0.6) is 0 Å². The lowest BCUT2D eigenvalue weighted by atomic mass is 10.0. The highest BCUT2D eigenvalue weighted by atomic mass is 16.5. The van der Waals surface area contributed by atoms with Gasteiger partial charge >= 0.3 is 5.97 Å². The summed E-state index contributed by atoms with van der Waals surface area (Å²) in [5, 5.41) is 9.09. The Morgan fingerprint density at radius 3 is 2.87 bits per heavy atom. The van der Waals surface area contributed by atoms with Crippen molar-refractivity contribution in [1.29, 1.82) is 0 Å². The van der Waals surface area contributed by atoms with E-state index in [0.717, 1.165) is 25.9 Å². The van der Waals surface area contributed by atoms with Crippen molar-refractivity contribution in [2.24, 2.45) is 5.92 Å². The highest BCUT2D eigenvalue weighted by Gasteiger charge is 2.26. The third-order valence-electron chi connectivity index (χ3n) is 3.10. The lowest BCUT2D eigenvalue weighted by Gasteiger charge is -2.26. The molecule has 1 aliphatic heterocycles. The number of methoxy groups -OCH3 is 1. The monoisotopic (exact) mass is 215 g/mol. The molecule has 4 nitrogen and oxygen atoms in total. The molecule has 15 heavy (non-hydrogen) atoms. The molecule has 0 radical (unpaired) electrons. The minimum atomic E-state index is -0.772. The summed E-state index contributed by atoms with van der Waals surface area (Å²) in [4.78, 5) is 13.1. The number of nitrogens with zero attached hydrogens (tertiary/aromatic N) is 1. The van der Waals surface area contributed by atoms with Crippen LogP contribution in [0.1, 0.15) is 26.2 Å². The molecule has 1 heterocycles. The molecule has 4 heteroatoms. The van der Waals surface area contributed by atoms with Crippen molar-refractivity contribution >= 4 is 5.97 Å². The van der Waals surface area contributed by atoms with E-state index in [-0.39, 0.29) is 6.61 Å². The van der Waals surface area contributed by atoms with Crippen LogP contribution in [0.15, 0.2) is 0 Å². The summed E-state index contributed by atoms with van der Waals surface area (Å²) in [6, 6.07) is -0.472. The summed E-state index contributed by atoms with van der Waals surface area (Å²) in [5.41, 5.74) is 0. The van der Waals surface area contributed by atoms with E-state index >= 15 is 0 Å². The first-order valence-corrected chi connectivity index (χ1v) is 5.61. The van der Waals surface area contributed by atoms with Crippen LogP contribution in [0.2, 0.25) is 0 Å². The number of rotatable bonds is 4. The van der Waals surface area contributed by atoms with Crippen LogP contribution in [-0.4, -0.2) is 48.8 Å². The number of carboxylic acid groups (broad SMARTS) is 1. The average Bonchev–Trinajstić information content (AvgIpc) is 2.39. The second-order valence-electron chi connectivity index (χ2n) is 4.38. The van der Waals surface area contributed by atoms with E-state index in [1.165, 1.54) is 6.42 Å². The lowest BCUT2D eigenvalue weighted by Crippen LogP contribution is -2.44. The van der Waals surface area contributed by atoms with Gasteiger partial charge in [0.2, 0.25) is 0 Å². The Morgan fingerprint density at radius 1 is 1.53 bits per heavy atom. The van der Waals surface area contributed by atoms with Gasteiger partial charge in [-0.2, -0.15) is 0 Å². The van der Waals surface area contributed by atoms with Gasteiger partial charge in [0.25, 0.3) is 0 Å². The normalized spacial score (nSPS) is 25.9. The van der Waals surface area contributed by atoms with Gasteiger partial charge in [-0.3, -0.25) is 9.69 Å². The first-order valence-electron chi connectivity index (χ1n) is 5.61. The molecule has 0 aliphatic carbocycles. The molecule has 1 N–H and O–H groups in total. The van der Waals surface area contributed by atoms with Gasteiger partial charge in [-0.25, -0.2) is 0 Å². The van der Waals surface area contributed by atoms with Crippen molar-refractivity contribution in [2.45, 2.75) is 32.2 Å². The fourth-order valence-electron chi connectivity index (χ4n) is 2.09. The number of aliphatic carboxylic acids is 1. The molecule has 0 amide bonds. The summed E-state index contributed by atoms with van der Waals surface area (Å²) in [5.74, 6) is -0.0570. The number of ether oxygens (including phenoxy) is 1. The Balaban J connectivity index is 2.54. The van der Waals surface area contributed by atoms with Crippen molar-refractivity contribution in [1.82, 2.24) is 4.90 Å². The molecule has 88 valence electrons. The Morgan fingerprint density at radius 2 is 2.27 bits per heavy atom. The van der Waals surface area contributed by atoms with Gasteiger partial charge in [0.05, 0.1) is 6.61 Å². The van der Waals surface area contributed by atoms with Crippen LogP contribution in [0, 0.1) is 5.92 Å². The van der Waals surface area contributed by atoms with Gasteiger partial charge in [-0.1, -0.05) is 6.92 Å². The highest BCUT2D eigenvalue weighted by Crippen LogP contribution is 2.18. The third-order valence-corrected chi connectivity index (χ3v) is 3.10. The molecule has 2 unspecified atom stereocenters. The average molecular weight is 215 g/mol. The van der Waals surface area contributed by atoms with Gasteiger partial charge in [0.1, 0.15) is 6.04 Å².